The largest absolute Gasteiger partial charge is 0.322 e. The lowest BCUT2D eigenvalue weighted by atomic mass is 10.2. The average Bonchev–Trinajstić information content (AvgIpc) is 3.40. The zero-order chi connectivity index (χ0) is 16.2. The Morgan fingerprint density at radius 1 is 1.26 bits per heavy atom. The molecule has 0 bridgehead atoms. The van der Waals surface area contributed by atoms with Gasteiger partial charge >= 0.3 is 6.03 Å². The highest BCUT2D eigenvalue weighted by atomic mass is 19.1. The van der Waals surface area contributed by atoms with Crippen molar-refractivity contribution in [2.45, 2.75) is 25.4 Å². The van der Waals surface area contributed by atoms with Gasteiger partial charge in [0.1, 0.15) is 11.9 Å². The van der Waals surface area contributed by atoms with Crippen molar-refractivity contribution in [2.24, 2.45) is 0 Å². The Hall–Kier alpha value is -2.87. The van der Waals surface area contributed by atoms with Crippen molar-refractivity contribution in [1.82, 2.24) is 4.90 Å². The van der Waals surface area contributed by atoms with Crippen LogP contribution in [-0.2, 0) is 6.54 Å². The molecular weight excluding hydrogens is 293 g/mol. The van der Waals surface area contributed by atoms with E-state index >= 15 is 0 Å². The van der Waals surface area contributed by atoms with Crippen LogP contribution in [0.15, 0.2) is 48.5 Å². The van der Waals surface area contributed by atoms with Gasteiger partial charge in [-0.2, -0.15) is 5.26 Å². The summed E-state index contributed by atoms with van der Waals surface area (Å²) in [6.07, 6.45) is 1.96. The summed E-state index contributed by atoms with van der Waals surface area (Å²) in [6, 6.07) is 15.4. The molecule has 0 aliphatic heterocycles. The smallest absolute Gasteiger partial charge is 0.317 e. The number of halogens is 1. The van der Waals surface area contributed by atoms with E-state index in [1.54, 1.807) is 4.90 Å². The molecule has 0 atom stereocenters. The van der Waals surface area contributed by atoms with Crippen LogP contribution in [0.25, 0.3) is 0 Å². The highest BCUT2D eigenvalue weighted by Gasteiger charge is 2.32. The number of anilines is 1. The van der Waals surface area contributed by atoms with Crippen molar-refractivity contribution < 1.29 is 9.18 Å². The Bertz CT molecular complexity index is 751. The fourth-order valence-corrected chi connectivity index (χ4v) is 2.44. The quantitative estimate of drug-likeness (QED) is 0.931. The number of hydrogen-bond donors (Lipinski definition) is 1. The number of benzene rings is 2. The van der Waals surface area contributed by atoms with Gasteiger partial charge in [0, 0.05) is 12.6 Å². The Balaban J connectivity index is 1.76. The van der Waals surface area contributed by atoms with E-state index in [0.717, 1.165) is 24.5 Å². The summed E-state index contributed by atoms with van der Waals surface area (Å²) < 4.78 is 13.2. The molecule has 5 heteroatoms. The van der Waals surface area contributed by atoms with E-state index < -0.39 is 5.82 Å². The molecule has 3 rings (SSSR count). The first-order chi connectivity index (χ1) is 11.2. The van der Waals surface area contributed by atoms with Crippen molar-refractivity contribution in [3.8, 4) is 6.07 Å². The first-order valence-electron chi connectivity index (χ1n) is 7.48. The molecule has 0 saturated heterocycles. The number of carbonyl (C=O) groups is 1. The highest BCUT2D eigenvalue weighted by molar-refractivity contribution is 5.91. The third kappa shape index (κ3) is 3.67. The summed E-state index contributed by atoms with van der Waals surface area (Å²) in [7, 11) is 0. The monoisotopic (exact) mass is 309 g/mol. The second kappa shape index (κ2) is 6.49. The number of rotatable bonds is 4. The van der Waals surface area contributed by atoms with Gasteiger partial charge in [0.25, 0.3) is 0 Å². The molecule has 4 nitrogen and oxygen atoms in total. The average molecular weight is 309 g/mol. The van der Waals surface area contributed by atoms with Crippen molar-refractivity contribution >= 4 is 11.7 Å². The summed E-state index contributed by atoms with van der Waals surface area (Å²) >= 11 is 0. The van der Waals surface area contributed by atoms with Crippen LogP contribution >= 0.6 is 0 Å². The first-order valence-corrected chi connectivity index (χ1v) is 7.48. The lowest BCUT2D eigenvalue weighted by molar-refractivity contribution is 0.206. The number of carbonyl (C=O) groups excluding carboxylic acids is 1. The molecule has 1 aliphatic carbocycles. The van der Waals surface area contributed by atoms with Crippen molar-refractivity contribution in [1.29, 1.82) is 5.26 Å². The number of nitriles is 1. The van der Waals surface area contributed by atoms with Gasteiger partial charge in [-0.3, -0.25) is 0 Å². The zero-order valence-corrected chi connectivity index (χ0v) is 12.5. The van der Waals surface area contributed by atoms with Crippen LogP contribution in [0.3, 0.4) is 0 Å². The molecule has 1 fully saturated rings. The molecule has 0 aromatic heterocycles. The first kappa shape index (κ1) is 15.0. The lowest BCUT2D eigenvalue weighted by Crippen LogP contribution is -2.36. The van der Waals surface area contributed by atoms with Crippen LogP contribution in [-0.4, -0.2) is 17.0 Å². The Labute approximate surface area is 134 Å². The predicted octanol–water partition coefficient (Wildman–Crippen LogP) is 3.89. The van der Waals surface area contributed by atoms with Crippen molar-refractivity contribution in [2.75, 3.05) is 5.32 Å². The number of nitrogens with one attached hydrogen (secondary N) is 1. The third-order valence-corrected chi connectivity index (χ3v) is 3.79. The SMILES string of the molecule is N#Cc1cc(F)ccc1NC(=O)N(Cc1ccccc1)C1CC1. The fourth-order valence-electron chi connectivity index (χ4n) is 2.44. The van der Waals surface area contributed by atoms with Gasteiger partial charge in [0.15, 0.2) is 0 Å². The van der Waals surface area contributed by atoms with Gasteiger partial charge in [-0.05, 0) is 36.6 Å². The molecule has 1 aliphatic rings. The van der Waals surface area contributed by atoms with Crippen LogP contribution < -0.4 is 5.32 Å². The van der Waals surface area contributed by atoms with Crippen LogP contribution in [0, 0.1) is 17.1 Å². The molecular formula is C18H16FN3O. The van der Waals surface area contributed by atoms with Gasteiger partial charge in [-0.25, -0.2) is 9.18 Å². The lowest BCUT2D eigenvalue weighted by Gasteiger charge is -2.23. The maximum atomic E-state index is 13.2. The molecule has 1 saturated carbocycles. The third-order valence-electron chi connectivity index (χ3n) is 3.79. The van der Waals surface area contributed by atoms with Gasteiger partial charge in [-0.1, -0.05) is 30.3 Å². The minimum absolute atomic E-state index is 0.119. The van der Waals surface area contributed by atoms with E-state index in [-0.39, 0.29) is 17.6 Å². The Kier molecular flexibility index (Phi) is 4.24. The van der Waals surface area contributed by atoms with E-state index in [0.29, 0.717) is 12.2 Å². The standard InChI is InChI=1S/C18H16FN3O/c19-15-6-9-17(14(10-15)11-20)21-18(23)22(16-7-8-16)12-13-4-2-1-3-5-13/h1-6,9-10,16H,7-8,12H2,(H,21,23). The predicted molar refractivity (Wildman–Crippen MR) is 85.1 cm³/mol. The van der Waals surface area contributed by atoms with Gasteiger partial charge in [0.2, 0.25) is 0 Å². The second-order valence-corrected chi connectivity index (χ2v) is 5.58. The minimum Gasteiger partial charge on any atom is -0.317 e. The molecule has 2 amide bonds. The maximum absolute atomic E-state index is 13.2. The second-order valence-electron chi connectivity index (χ2n) is 5.58. The normalized spacial score (nSPS) is 13.2. The van der Waals surface area contributed by atoms with Crippen molar-refractivity contribution in [3.63, 3.8) is 0 Å². The molecule has 116 valence electrons. The molecule has 0 spiro atoms. The maximum Gasteiger partial charge on any atom is 0.322 e. The summed E-state index contributed by atoms with van der Waals surface area (Å²) in [5.74, 6) is -0.497. The number of amides is 2. The number of nitrogens with zero attached hydrogens (tertiary/aromatic N) is 2. The molecule has 0 unspecified atom stereocenters. The van der Waals surface area contributed by atoms with E-state index in [1.165, 1.54) is 12.1 Å². The summed E-state index contributed by atoms with van der Waals surface area (Å²) in [6.45, 7) is 0.514. The van der Waals surface area contributed by atoms with Crippen LogP contribution in [0.4, 0.5) is 14.9 Å². The highest BCUT2D eigenvalue weighted by Crippen LogP contribution is 2.29. The summed E-state index contributed by atoms with van der Waals surface area (Å²) in [5.41, 5.74) is 1.50. The Morgan fingerprint density at radius 3 is 2.65 bits per heavy atom. The van der Waals surface area contributed by atoms with Crippen LogP contribution in [0.1, 0.15) is 24.0 Å². The topological polar surface area (TPSA) is 56.1 Å². The van der Waals surface area contributed by atoms with E-state index in [4.69, 9.17) is 5.26 Å². The molecule has 0 heterocycles. The number of urea groups is 1. The van der Waals surface area contributed by atoms with Crippen molar-refractivity contribution in [3.05, 3.63) is 65.5 Å². The van der Waals surface area contributed by atoms with Gasteiger partial charge in [0.05, 0.1) is 11.3 Å². The van der Waals surface area contributed by atoms with E-state index in [9.17, 15) is 9.18 Å². The Morgan fingerprint density at radius 2 is 2.00 bits per heavy atom. The molecule has 2 aromatic carbocycles. The summed E-state index contributed by atoms with van der Waals surface area (Å²) in [5, 5.41) is 11.8. The van der Waals surface area contributed by atoms with Gasteiger partial charge < -0.3 is 10.2 Å². The fraction of sp³-hybridized carbons (Fsp3) is 0.222. The molecule has 2 aromatic rings. The zero-order valence-electron chi connectivity index (χ0n) is 12.5. The van der Waals surface area contributed by atoms with Crippen LogP contribution in [0.5, 0.6) is 0 Å². The summed E-state index contributed by atoms with van der Waals surface area (Å²) in [4.78, 5) is 14.3. The number of hydrogen-bond acceptors (Lipinski definition) is 2. The molecule has 23 heavy (non-hydrogen) atoms. The minimum atomic E-state index is -0.497. The molecule has 1 N–H and O–H groups in total. The van der Waals surface area contributed by atoms with E-state index in [2.05, 4.69) is 5.32 Å². The molecule has 0 radical (unpaired) electrons. The van der Waals surface area contributed by atoms with E-state index in [1.807, 2.05) is 36.4 Å². The van der Waals surface area contributed by atoms with Gasteiger partial charge in [-0.15, -0.1) is 0 Å². The van der Waals surface area contributed by atoms with Crippen LogP contribution in [0.2, 0.25) is 0 Å².